The molecule has 8 nitrogen and oxygen atoms in total. The van der Waals surface area contributed by atoms with E-state index in [0.29, 0.717) is 47.8 Å². The van der Waals surface area contributed by atoms with E-state index in [9.17, 15) is 14.7 Å². The molecule has 0 saturated carbocycles. The van der Waals surface area contributed by atoms with Crippen LogP contribution in [0.1, 0.15) is 31.9 Å². The summed E-state index contributed by atoms with van der Waals surface area (Å²) >= 11 is 0. The predicted octanol–water partition coefficient (Wildman–Crippen LogP) is 4.49. The maximum Gasteiger partial charge on any atom is 0.519 e. The van der Waals surface area contributed by atoms with E-state index in [1.54, 1.807) is 18.2 Å². The van der Waals surface area contributed by atoms with Crippen molar-refractivity contribution in [1.82, 2.24) is 4.48 Å². The molecule has 1 fully saturated rings. The van der Waals surface area contributed by atoms with Gasteiger partial charge in [0.05, 0.1) is 11.6 Å². The summed E-state index contributed by atoms with van der Waals surface area (Å²) in [4.78, 5) is 25.4. The second-order valence-corrected chi connectivity index (χ2v) is 8.52. The highest BCUT2D eigenvalue weighted by atomic mass is 16.6. The summed E-state index contributed by atoms with van der Waals surface area (Å²) in [7, 11) is 0. The zero-order valence-corrected chi connectivity index (χ0v) is 18.5. The molecule has 0 aliphatic carbocycles. The molecule has 5 rings (SSSR count). The fraction of sp³-hybridized carbons (Fsp3) is 0.360. The van der Waals surface area contributed by atoms with Gasteiger partial charge in [0.15, 0.2) is 23.0 Å². The van der Waals surface area contributed by atoms with Crippen molar-refractivity contribution < 1.29 is 28.5 Å². The molecule has 1 amide bonds. The first-order chi connectivity index (χ1) is 15.9. The zero-order chi connectivity index (χ0) is 23.2. The maximum absolute atomic E-state index is 13.1. The molecule has 0 spiro atoms. The molecule has 1 saturated heterocycles. The topological polar surface area (TPSA) is 95.2 Å². The van der Waals surface area contributed by atoms with Crippen molar-refractivity contribution in [3.63, 3.8) is 0 Å². The number of carboxylic acid groups (broad SMARTS) is 1. The molecule has 1 N–H and O–H groups in total. The Morgan fingerprint density at radius 2 is 1.88 bits per heavy atom. The maximum atomic E-state index is 13.1. The lowest BCUT2D eigenvalue weighted by Crippen LogP contribution is -2.66. The Morgan fingerprint density at radius 1 is 1.09 bits per heavy atom. The van der Waals surface area contributed by atoms with Gasteiger partial charge in [-0.15, -0.1) is 0 Å². The second-order valence-electron chi connectivity index (χ2n) is 8.52. The molecule has 172 valence electrons. The highest BCUT2D eigenvalue weighted by Crippen LogP contribution is 2.46. The summed E-state index contributed by atoms with van der Waals surface area (Å²) in [6.07, 6.45) is 0.355. The standard InChI is InChI=1S/C25H25NO7/c1-3-18-14-26(25(28)29,17-5-6-19-20(27)8-9-30-22(19)13-17)24(15(2)33-18)16-4-7-21-23(12-16)32-11-10-31-21/h4-9,12-13,15,18,24H,3,10-11,14H2,1-2H3/p+1. The summed E-state index contributed by atoms with van der Waals surface area (Å²) in [6, 6.07) is 11.4. The van der Waals surface area contributed by atoms with Crippen molar-refractivity contribution in [2.45, 2.75) is 38.5 Å². The average Bonchev–Trinajstić information content (AvgIpc) is 2.83. The Labute approximate surface area is 190 Å². The number of quaternary nitrogens is 1. The largest absolute Gasteiger partial charge is 0.519 e. The van der Waals surface area contributed by atoms with Gasteiger partial charge in [-0.3, -0.25) is 4.79 Å². The lowest BCUT2D eigenvalue weighted by Gasteiger charge is -2.48. The van der Waals surface area contributed by atoms with Crippen LogP contribution in [0.3, 0.4) is 0 Å². The van der Waals surface area contributed by atoms with Crippen LogP contribution in [0.2, 0.25) is 0 Å². The van der Waals surface area contributed by atoms with Crippen molar-refractivity contribution >= 4 is 22.7 Å². The lowest BCUT2D eigenvalue weighted by atomic mass is 9.92. The van der Waals surface area contributed by atoms with E-state index in [0.717, 1.165) is 5.56 Å². The first-order valence-corrected chi connectivity index (χ1v) is 11.1. The summed E-state index contributed by atoms with van der Waals surface area (Å²) in [5, 5.41) is 11.1. The third-order valence-electron chi connectivity index (χ3n) is 6.63. The van der Waals surface area contributed by atoms with Gasteiger partial charge < -0.3 is 23.7 Å². The first-order valence-electron chi connectivity index (χ1n) is 11.1. The molecule has 33 heavy (non-hydrogen) atoms. The molecular formula is C25H26NO7+. The average molecular weight is 452 g/mol. The highest BCUT2D eigenvalue weighted by Gasteiger charge is 2.56. The smallest absolute Gasteiger partial charge is 0.486 e. The Morgan fingerprint density at radius 3 is 2.64 bits per heavy atom. The minimum Gasteiger partial charge on any atom is -0.486 e. The number of fused-ring (bicyclic) bond motifs is 2. The van der Waals surface area contributed by atoms with Crippen molar-refractivity contribution in [3.05, 3.63) is 64.5 Å². The van der Waals surface area contributed by atoms with Crippen molar-refractivity contribution in [1.29, 1.82) is 0 Å². The minimum absolute atomic E-state index is 0.171. The molecule has 2 aromatic carbocycles. The molecule has 0 bridgehead atoms. The normalized spacial score (nSPS) is 26.8. The molecule has 4 unspecified atom stereocenters. The van der Waals surface area contributed by atoms with Crippen molar-refractivity contribution in [3.8, 4) is 11.5 Å². The number of hydrogen-bond donors (Lipinski definition) is 1. The van der Waals surface area contributed by atoms with E-state index < -0.39 is 18.2 Å². The van der Waals surface area contributed by atoms with Crippen LogP contribution < -0.4 is 19.4 Å². The van der Waals surface area contributed by atoms with E-state index in [-0.39, 0.29) is 22.6 Å². The Bertz CT molecular complexity index is 1270. The third-order valence-corrected chi connectivity index (χ3v) is 6.63. The van der Waals surface area contributed by atoms with Gasteiger partial charge in [-0.2, -0.15) is 9.28 Å². The Hall–Kier alpha value is -3.36. The highest BCUT2D eigenvalue weighted by molar-refractivity contribution is 5.87. The number of morpholine rings is 1. The van der Waals surface area contributed by atoms with Gasteiger partial charge >= 0.3 is 6.09 Å². The van der Waals surface area contributed by atoms with Crippen LogP contribution in [0.4, 0.5) is 10.5 Å². The first kappa shape index (κ1) is 21.5. The number of nitrogens with zero attached hydrogens (tertiary/aromatic N) is 1. The number of hydrogen-bond acceptors (Lipinski definition) is 6. The van der Waals surface area contributed by atoms with Gasteiger partial charge in [-0.05, 0) is 37.6 Å². The number of amides is 1. The van der Waals surface area contributed by atoms with Crippen LogP contribution in [-0.2, 0) is 4.74 Å². The van der Waals surface area contributed by atoms with Crippen LogP contribution in [-0.4, -0.2) is 43.2 Å². The summed E-state index contributed by atoms with van der Waals surface area (Å²) in [5.41, 5.74) is 1.48. The van der Waals surface area contributed by atoms with Gasteiger partial charge in [0.2, 0.25) is 0 Å². The van der Waals surface area contributed by atoms with E-state index in [1.165, 1.54) is 12.3 Å². The fourth-order valence-corrected chi connectivity index (χ4v) is 5.10. The summed E-state index contributed by atoms with van der Waals surface area (Å²) in [5.74, 6) is 1.23. The van der Waals surface area contributed by atoms with Gasteiger partial charge in [-0.1, -0.05) is 6.92 Å². The Kier molecular flexibility index (Phi) is 5.34. The fourth-order valence-electron chi connectivity index (χ4n) is 5.10. The molecule has 0 radical (unpaired) electrons. The number of benzene rings is 2. The summed E-state index contributed by atoms with van der Waals surface area (Å²) in [6.45, 7) is 5.04. The van der Waals surface area contributed by atoms with E-state index in [2.05, 4.69) is 0 Å². The van der Waals surface area contributed by atoms with E-state index in [4.69, 9.17) is 18.6 Å². The van der Waals surface area contributed by atoms with Crippen LogP contribution in [0, 0.1) is 0 Å². The predicted molar refractivity (Wildman–Crippen MR) is 122 cm³/mol. The number of ether oxygens (including phenoxy) is 3. The SMILES string of the molecule is CCC1C[N+](C(=O)O)(c2ccc3c(=O)ccoc3c2)C(c2ccc3c(c2)OCCO3)C(C)O1. The number of rotatable bonds is 3. The van der Waals surface area contributed by atoms with Gasteiger partial charge in [0.1, 0.15) is 43.2 Å². The van der Waals surface area contributed by atoms with E-state index >= 15 is 0 Å². The summed E-state index contributed by atoms with van der Waals surface area (Å²) < 4.78 is 22.9. The van der Waals surface area contributed by atoms with Crippen LogP contribution in [0.25, 0.3) is 11.0 Å². The molecule has 3 heterocycles. The van der Waals surface area contributed by atoms with Crippen molar-refractivity contribution in [2.24, 2.45) is 0 Å². The number of carbonyl (C=O) groups is 1. The van der Waals surface area contributed by atoms with Crippen LogP contribution in [0.5, 0.6) is 11.5 Å². The van der Waals surface area contributed by atoms with Gasteiger partial charge in [-0.25, -0.2) is 0 Å². The monoisotopic (exact) mass is 452 g/mol. The zero-order valence-electron chi connectivity index (χ0n) is 18.5. The van der Waals surface area contributed by atoms with E-state index in [1.807, 2.05) is 32.0 Å². The van der Waals surface area contributed by atoms with Crippen molar-refractivity contribution in [2.75, 3.05) is 19.8 Å². The molecule has 4 atom stereocenters. The second kappa shape index (κ2) is 8.20. The minimum atomic E-state index is -0.999. The van der Waals surface area contributed by atoms with Crippen LogP contribution in [0.15, 0.2) is 57.9 Å². The lowest BCUT2D eigenvalue weighted by molar-refractivity contribution is -0.101. The molecule has 2 aliphatic rings. The molecule has 8 heteroatoms. The third kappa shape index (κ3) is 3.46. The quantitative estimate of drug-likeness (QED) is 0.585. The Balaban J connectivity index is 1.72. The molecule has 3 aromatic rings. The molecular weight excluding hydrogens is 426 g/mol. The molecule has 1 aromatic heterocycles. The molecule has 2 aliphatic heterocycles. The van der Waals surface area contributed by atoms with Crippen LogP contribution >= 0.6 is 0 Å². The van der Waals surface area contributed by atoms with Gasteiger partial charge in [0, 0.05) is 23.8 Å². The van der Waals surface area contributed by atoms with Gasteiger partial charge in [0.25, 0.3) is 0 Å².